The maximum Gasteiger partial charge on any atom is 0.255 e. The monoisotopic (exact) mass is 291 g/mol. The second-order valence-electron chi connectivity index (χ2n) is 5.76. The fraction of sp³-hybridized carbons (Fsp3) is 0.625. The Bertz CT molecular complexity index is 553. The van der Waals surface area contributed by atoms with E-state index in [1.807, 2.05) is 11.8 Å². The Balaban J connectivity index is 2.04. The van der Waals surface area contributed by atoms with Gasteiger partial charge in [-0.25, -0.2) is 0 Å². The first-order valence-corrected chi connectivity index (χ1v) is 7.73. The number of aromatic nitrogens is 1. The molecule has 2 rings (SSSR count). The van der Waals surface area contributed by atoms with Crippen molar-refractivity contribution in [2.24, 2.45) is 13.0 Å². The smallest absolute Gasteiger partial charge is 0.255 e. The number of carbonyl (C=O) groups is 1. The van der Waals surface area contributed by atoms with Gasteiger partial charge in [-0.05, 0) is 38.4 Å². The number of rotatable bonds is 5. The Morgan fingerprint density at radius 2 is 2.14 bits per heavy atom. The van der Waals surface area contributed by atoms with Gasteiger partial charge in [-0.3, -0.25) is 9.59 Å². The average molecular weight is 291 g/mol. The predicted octanol–water partition coefficient (Wildman–Crippen LogP) is 1.19. The quantitative estimate of drug-likeness (QED) is 0.818. The zero-order chi connectivity index (χ0) is 15.4. The number of hydrogen-bond acceptors (Lipinski definition) is 3. The van der Waals surface area contributed by atoms with Crippen molar-refractivity contribution in [2.45, 2.75) is 20.3 Å². The van der Waals surface area contributed by atoms with Gasteiger partial charge in [0.15, 0.2) is 0 Å². The van der Waals surface area contributed by atoms with Crippen LogP contribution in [0.5, 0.6) is 0 Å². The van der Waals surface area contributed by atoms with Crippen molar-refractivity contribution in [1.29, 1.82) is 0 Å². The van der Waals surface area contributed by atoms with Crippen molar-refractivity contribution >= 4 is 5.91 Å². The SMILES string of the molecule is CCN1CCC(CN(CC)C(=O)c2ccc(=O)n(C)c2)C1. The van der Waals surface area contributed by atoms with Crippen molar-refractivity contribution in [2.75, 3.05) is 32.7 Å². The molecule has 1 aromatic heterocycles. The summed E-state index contributed by atoms with van der Waals surface area (Å²) in [6, 6.07) is 3.08. The second kappa shape index (κ2) is 6.89. The Morgan fingerprint density at radius 3 is 2.71 bits per heavy atom. The van der Waals surface area contributed by atoms with Gasteiger partial charge >= 0.3 is 0 Å². The molecule has 0 aromatic carbocycles. The van der Waals surface area contributed by atoms with Gasteiger partial charge in [-0.15, -0.1) is 0 Å². The molecule has 1 atom stereocenters. The van der Waals surface area contributed by atoms with E-state index in [1.165, 1.54) is 10.6 Å². The number of pyridine rings is 1. The maximum absolute atomic E-state index is 12.6. The summed E-state index contributed by atoms with van der Waals surface area (Å²) in [5, 5.41) is 0. The van der Waals surface area contributed by atoms with Gasteiger partial charge in [0.1, 0.15) is 0 Å². The van der Waals surface area contributed by atoms with Gasteiger partial charge in [-0.1, -0.05) is 6.92 Å². The molecule has 0 spiro atoms. The number of likely N-dealkylation sites (tertiary alicyclic amines) is 1. The van der Waals surface area contributed by atoms with Gasteiger partial charge < -0.3 is 14.4 Å². The first-order valence-electron chi connectivity index (χ1n) is 7.73. The van der Waals surface area contributed by atoms with Gasteiger partial charge in [0.25, 0.3) is 5.91 Å². The van der Waals surface area contributed by atoms with Crippen LogP contribution in [0.4, 0.5) is 0 Å². The van der Waals surface area contributed by atoms with E-state index in [4.69, 9.17) is 0 Å². The van der Waals surface area contributed by atoms with Crippen LogP contribution in [-0.2, 0) is 7.05 Å². The number of amides is 1. The minimum absolute atomic E-state index is 0.0167. The highest BCUT2D eigenvalue weighted by molar-refractivity contribution is 5.93. The predicted molar refractivity (Wildman–Crippen MR) is 83.5 cm³/mol. The van der Waals surface area contributed by atoms with Crippen LogP contribution in [-0.4, -0.2) is 53.0 Å². The molecule has 5 heteroatoms. The third-order valence-corrected chi connectivity index (χ3v) is 4.30. The molecule has 1 amide bonds. The van der Waals surface area contributed by atoms with Crippen LogP contribution in [0.1, 0.15) is 30.6 Å². The van der Waals surface area contributed by atoms with Gasteiger partial charge in [0.05, 0.1) is 5.56 Å². The van der Waals surface area contributed by atoms with E-state index in [2.05, 4.69) is 11.8 Å². The number of hydrogen-bond donors (Lipinski definition) is 0. The molecule has 1 saturated heterocycles. The van der Waals surface area contributed by atoms with Crippen LogP contribution in [0, 0.1) is 5.92 Å². The van der Waals surface area contributed by atoms with E-state index < -0.39 is 0 Å². The second-order valence-corrected chi connectivity index (χ2v) is 5.76. The standard InChI is InChI=1S/C16H25N3O2/c1-4-18-9-8-13(10-18)11-19(5-2)16(21)14-6-7-15(20)17(3)12-14/h6-7,12-13H,4-5,8-11H2,1-3H3. The lowest BCUT2D eigenvalue weighted by Gasteiger charge is -2.24. The van der Waals surface area contributed by atoms with Crippen molar-refractivity contribution in [1.82, 2.24) is 14.4 Å². The zero-order valence-electron chi connectivity index (χ0n) is 13.2. The van der Waals surface area contributed by atoms with Gasteiger partial charge in [-0.2, -0.15) is 0 Å². The first kappa shape index (κ1) is 15.8. The molecule has 5 nitrogen and oxygen atoms in total. The minimum Gasteiger partial charge on any atom is -0.339 e. The summed E-state index contributed by atoms with van der Waals surface area (Å²) in [6.45, 7) is 8.97. The van der Waals surface area contributed by atoms with E-state index in [-0.39, 0.29) is 11.5 Å². The maximum atomic E-state index is 12.6. The Kier molecular flexibility index (Phi) is 5.17. The van der Waals surface area contributed by atoms with Crippen molar-refractivity contribution in [3.63, 3.8) is 0 Å². The molecule has 21 heavy (non-hydrogen) atoms. The molecule has 1 aliphatic rings. The lowest BCUT2D eigenvalue weighted by molar-refractivity contribution is 0.0738. The Hall–Kier alpha value is -1.62. The normalized spacial score (nSPS) is 18.9. The van der Waals surface area contributed by atoms with Gasteiger partial charge in [0.2, 0.25) is 5.56 Å². The van der Waals surface area contributed by atoms with E-state index in [0.717, 1.165) is 32.6 Å². The molecule has 0 N–H and O–H groups in total. The highest BCUT2D eigenvalue weighted by Crippen LogP contribution is 2.18. The fourth-order valence-electron chi connectivity index (χ4n) is 2.92. The number of carbonyl (C=O) groups excluding carboxylic acids is 1. The summed E-state index contributed by atoms with van der Waals surface area (Å²) in [5.41, 5.74) is 0.494. The summed E-state index contributed by atoms with van der Waals surface area (Å²) >= 11 is 0. The average Bonchev–Trinajstić information content (AvgIpc) is 2.94. The summed E-state index contributed by atoms with van der Waals surface area (Å²) in [6.07, 6.45) is 2.78. The van der Waals surface area contributed by atoms with Crippen LogP contribution in [0.15, 0.2) is 23.1 Å². The third-order valence-electron chi connectivity index (χ3n) is 4.30. The third kappa shape index (κ3) is 3.73. The van der Waals surface area contributed by atoms with Crippen molar-refractivity contribution in [3.05, 3.63) is 34.2 Å². The number of aryl methyl sites for hydroxylation is 1. The van der Waals surface area contributed by atoms with E-state index >= 15 is 0 Å². The summed E-state index contributed by atoms with van der Waals surface area (Å²) in [4.78, 5) is 28.3. The molecular formula is C16H25N3O2. The minimum atomic E-state index is -0.0935. The largest absolute Gasteiger partial charge is 0.339 e. The molecule has 0 bridgehead atoms. The van der Waals surface area contributed by atoms with Crippen LogP contribution in [0.2, 0.25) is 0 Å². The summed E-state index contributed by atoms with van der Waals surface area (Å²) < 4.78 is 1.45. The highest BCUT2D eigenvalue weighted by atomic mass is 16.2. The van der Waals surface area contributed by atoms with Crippen molar-refractivity contribution < 1.29 is 4.79 Å². The van der Waals surface area contributed by atoms with Crippen LogP contribution < -0.4 is 5.56 Å². The molecular weight excluding hydrogens is 266 g/mol. The molecule has 0 aliphatic carbocycles. The Labute approximate surface area is 126 Å². The molecule has 1 fully saturated rings. The molecule has 1 aliphatic heterocycles. The topological polar surface area (TPSA) is 45.6 Å². The van der Waals surface area contributed by atoms with Crippen LogP contribution in [0.3, 0.4) is 0 Å². The first-order chi connectivity index (χ1) is 10.0. The lowest BCUT2D eigenvalue weighted by Crippen LogP contribution is -2.36. The fourth-order valence-corrected chi connectivity index (χ4v) is 2.92. The summed E-state index contributed by atoms with van der Waals surface area (Å²) in [5.74, 6) is 0.574. The zero-order valence-corrected chi connectivity index (χ0v) is 13.2. The molecule has 0 radical (unpaired) electrons. The van der Waals surface area contributed by atoms with Crippen LogP contribution >= 0.6 is 0 Å². The molecule has 0 saturated carbocycles. The summed E-state index contributed by atoms with van der Waals surface area (Å²) in [7, 11) is 1.67. The number of nitrogens with zero attached hydrogens (tertiary/aromatic N) is 3. The van der Waals surface area contributed by atoms with Crippen molar-refractivity contribution in [3.8, 4) is 0 Å². The van der Waals surface area contributed by atoms with E-state index in [0.29, 0.717) is 18.0 Å². The molecule has 2 heterocycles. The van der Waals surface area contributed by atoms with E-state index in [1.54, 1.807) is 19.3 Å². The molecule has 116 valence electrons. The van der Waals surface area contributed by atoms with Crippen LogP contribution in [0.25, 0.3) is 0 Å². The van der Waals surface area contributed by atoms with Gasteiger partial charge in [0, 0.05) is 38.9 Å². The highest BCUT2D eigenvalue weighted by Gasteiger charge is 2.25. The van der Waals surface area contributed by atoms with E-state index in [9.17, 15) is 9.59 Å². The Morgan fingerprint density at radius 1 is 1.38 bits per heavy atom. The lowest BCUT2D eigenvalue weighted by atomic mass is 10.1. The molecule has 1 aromatic rings. The molecule has 1 unspecified atom stereocenters.